The van der Waals surface area contributed by atoms with Crippen LogP contribution in [-0.2, 0) is 6.54 Å². The van der Waals surface area contributed by atoms with E-state index in [1.54, 1.807) is 0 Å². The molecule has 0 saturated carbocycles. The molecule has 0 aliphatic rings. The second-order valence-electron chi connectivity index (χ2n) is 4.48. The Hall–Kier alpha value is -1.80. The van der Waals surface area contributed by atoms with Gasteiger partial charge in [-0.25, -0.2) is 0 Å². The summed E-state index contributed by atoms with van der Waals surface area (Å²) in [6.45, 7) is 0.840. The molecule has 0 fully saturated rings. The summed E-state index contributed by atoms with van der Waals surface area (Å²) in [5.41, 5.74) is 2.46. The highest BCUT2D eigenvalue weighted by Gasteiger charge is 2.03. The average molecular weight is 312 g/mol. The van der Waals surface area contributed by atoms with Crippen molar-refractivity contribution >= 4 is 32.4 Å². The largest absolute Gasteiger partial charge is 0.380 e. The van der Waals surface area contributed by atoms with Gasteiger partial charge >= 0.3 is 0 Å². The quantitative estimate of drug-likeness (QED) is 0.699. The van der Waals surface area contributed by atoms with E-state index in [9.17, 15) is 0 Å². The number of nitrogens with one attached hydrogen (secondary N) is 1. The Morgan fingerprint density at radius 1 is 0.737 bits per heavy atom. The highest BCUT2D eigenvalue weighted by atomic mass is 79.9. The van der Waals surface area contributed by atoms with Crippen LogP contribution in [0.15, 0.2) is 71.2 Å². The van der Waals surface area contributed by atoms with Gasteiger partial charge in [0.1, 0.15) is 0 Å². The van der Waals surface area contributed by atoms with E-state index in [1.807, 2.05) is 6.07 Å². The Morgan fingerprint density at radius 3 is 2.21 bits per heavy atom. The number of benzene rings is 3. The summed E-state index contributed by atoms with van der Waals surface area (Å²) in [6.07, 6.45) is 0. The Kier molecular flexibility index (Phi) is 3.51. The fourth-order valence-electron chi connectivity index (χ4n) is 2.21. The van der Waals surface area contributed by atoms with Gasteiger partial charge in [-0.1, -0.05) is 70.5 Å². The van der Waals surface area contributed by atoms with Crippen molar-refractivity contribution < 1.29 is 0 Å². The zero-order valence-electron chi connectivity index (χ0n) is 10.4. The third-order valence-corrected chi connectivity index (χ3v) is 3.89. The van der Waals surface area contributed by atoms with Crippen LogP contribution >= 0.6 is 15.9 Å². The maximum absolute atomic E-state index is 3.60. The molecule has 0 heterocycles. The summed E-state index contributed by atoms with van der Waals surface area (Å²) in [5.74, 6) is 0. The molecule has 0 aliphatic heterocycles. The van der Waals surface area contributed by atoms with Crippen LogP contribution in [0.2, 0.25) is 0 Å². The van der Waals surface area contributed by atoms with Crippen LogP contribution in [0.5, 0.6) is 0 Å². The Labute approximate surface area is 121 Å². The number of rotatable bonds is 3. The van der Waals surface area contributed by atoms with Crippen molar-refractivity contribution in [1.82, 2.24) is 0 Å². The second-order valence-corrected chi connectivity index (χ2v) is 5.33. The molecule has 19 heavy (non-hydrogen) atoms. The van der Waals surface area contributed by atoms with Crippen molar-refractivity contribution in [2.45, 2.75) is 6.54 Å². The molecule has 1 N–H and O–H groups in total. The summed E-state index contributed by atoms with van der Waals surface area (Å²) in [4.78, 5) is 0. The smallest absolute Gasteiger partial charge is 0.0423 e. The third-order valence-electron chi connectivity index (χ3n) is 3.20. The molecule has 2 heteroatoms. The van der Waals surface area contributed by atoms with Crippen LogP contribution in [0.4, 0.5) is 5.69 Å². The lowest BCUT2D eigenvalue weighted by Gasteiger charge is -2.11. The Bertz CT molecular complexity index is 692. The van der Waals surface area contributed by atoms with Gasteiger partial charge in [0.25, 0.3) is 0 Å². The fraction of sp³-hybridized carbons (Fsp3) is 0.0588. The Balaban J connectivity index is 1.91. The van der Waals surface area contributed by atoms with E-state index < -0.39 is 0 Å². The van der Waals surface area contributed by atoms with Crippen LogP contribution in [0.1, 0.15) is 5.56 Å². The number of anilines is 1. The molecule has 94 valence electrons. The number of hydrogen-bond acceptors (Lipinski definition) is 1. The van der Waals surface area contributed by atoms with Gasteiger partial charge in [0, 0.05) is 22.1 Å². The summed E-state index contributed by atoms with van der Waals surface area (Å²) < 4.78 is 1.13. The molecule has 0 spiro atoms. The first kappa shape index (κ1) is 12.2. The van der Waals surface area contributed by atoms with E-state index in [4.69, 9.17) is 0 Å². The summed E-state index contributed by atoms with van der Waals surface area (Å²) >= 11 is 3.60. The summed E-state index contributed by atoms with van der Waals surface area (Å²) in [6, 6.07) is 23.1. The van der Waals surface area contributed by atoms with Crippen LogP contribution < -0.4 is 5.32 Å². The molecule has 0 saturated heterocycles. The van der Waals surface area contributed by atoms with Crippen molar-refractivity contribution in [2.75, 3.05) is 5.32 Å². The normalized spacial score (nSPS) is 10.6. The van der Waals surface area contributed by atoms with E-state index in [1.165, 1.54) is 22.0 Å². The molecule has 3 rings (SSSR count). The second kappa shape index (κ2) is 5.45. The first-order valence-electron chi connectivity index (χ1n) is 6.29. The first-order valence-corrected chi connectivity index (χ1v) is 7.09. The zero-order chi connectivity index (χ0) is 13.1. The van der Waals surface area contributed by atoms with E-state index in [0.717, 1.165) is 11.0 Å². The SMILES string of the molecule is Brc1ccc(NCc2ccccc2)c2ccccc12. The molecule has 0 atom stereocenters. The van der Waals surface area contributed by atoms with Gasteiger partial charge < -0.3 is 5.32 Å². The first-order chi connectivity index (χ1) is 9.34. The minimum atomic E-state index is 0.840. The maximum Gasteiger partial charge on any atom is 0.0423 e. The fourth-order valence-corrected chi connectivity index (χ4v) is 2.69. The van der Waals surface area contributed by atoms with Crippen molar-refractivity contribution in [3.05, 3.63) is 76.8 Å². The number of hydrogen-bond donors (Lipinski definition) is 1. The lowest BCUT2D eigenvalue weighted by Crippen LogP contribution is -1.99. The van der Waals surface area contributed by atoms with Crippen LogP contribution in [0, 0.1) is 0 Å². The summed E-state index contributed by atoms with van der Waals surface area (Å²) in [5, 5.41) is 5.99. The van der Waals surface area contributed by atoms with E-state index in [-0.39, 0.29) is 0 Å². The lowest BCUT2D eigenvalue weighted by atomic mass is 10.1. The topological polar surface area (TPSA) is 12.0 Å². The van der Waals surface area contributed by atoms with E-state index >= 15 is 0 Å². The van der Waals surface area contributed by atoms with E-state index in [2.05, 4.69) is 81.9 Å². The minimum Gasteiger partial charge on any atom is -0.380 e. The predicted molar refractivity (Wildman–Crippen MR) is 85.4 cm³/mol. The molecule has 0 bridgehead atoms. The van der Waals surface area contributed by atoms with Crippen molar-refractivity contribution in [1.29, 1.82) is 0 Å². The zero-order valence-corrected chi connectivity index (χ0v) is 12.0. The van der Waals surface area contributed by atoms with Gasteiger partial charge in [0.05, 0.1) is 0 Å². The molecule has 0 amide bonds. The van der Waals surface area contributed by atoms with Crippen LogP contribution in [-0.4, -0.2) is 0 Å². The molecule has 3 aromatic carbocycles. The molecular formula is C17H14BrN. The number of fused-ring (bicyclic) bond motifs is 1. The van der Waals surface area contributed by atoms with Crippen LogP contribution in [0.3, 0.4) is 0 Å². The highest BCUT2D eigenvalue weighted by molar-refractivity contribution is 9.10. The van der Waals surface area contributed by atoms with Gasteiger partial charge in [-0.05, 0) is 23.1 Å². The highest BCUT2D eigenvalue weighted by Crippen LogP contribution is 2.30. The molecule has 0 radical (unpaired) electrons. The minimum absolute atomic E-state index is 0.840. The standard InChI is InChI=1S/C17H14BrN/c18-16-10-11-17(15-9-5-4-8-14(15)16)19-12-13-6-2-1-3-7-13/h1-11,19H,12H2. The average Bonchev–Trinajstić information content (AvgIpc) is 2.48. The van der Waals surface area contributed by atoms with Gasteiger partial charge in [-0.15, -0.1) is 0 Å². The number of halogens is 1. The molecule has 1 nitrogen and oxygen atoms in total. The molecule has 0 unspecified atom stereocenters. The van der Waals surface area contributed by atoms with Crippen molar-refractivity contribution in [2.24, 2.45) is 0 Å². The maximum atomic E-state index is 3.60. The molecule has 0 aromatic heterocycles. The van der Waals surface area contributed by atoms with Gasteiger partial charge in [0.15, 0.2) is 0 Å². The summed E-state index contributed by atoms with van der Waals surface area (Å²) in [7, 11) is 0. The predicted octanol–water partition coefficient (Wildman–Crippen LogP) is 5.21. The lowest BCUT2D eigenvalue weighted by molar-refractivity contribution is 1.15. The van der Waals surface area contributed by atoms with Gasteiger partial charge in [0.2, 0.25) is 0 Å². The van der Waals surface area contributed by atoms with Gasteiger partial charge in [-0.3, -0.25) is 0 Å². The van der Waals surface area contributed by atoms with Crippen molar-refractivity contribution in [3.63, 3.8) is 0 Å². The van der Waals surface area contributed by atoms with Gasteiger partial charge in [-0.2, -0.15) is 0 Å². The molecular weight excluding hydrogens is 298 g/mol. The van der Waals surface area contributed by atoms with Crippen LogP contribution in [0.25, 0.3) is 10.8 Å². The Morgan fingerprint density at radius 2 is 1.42 bits per heavy atom. The molecule has 3 aromatic rings. The third kappa shape index (κ3) is 2.64. The van der Waals surface area contributed by atoms with E-state index in [0.29, 0.717) is 0 Å². The monoisotopic (exact) mass is 311 g/mol. The van der Waals surface area contributed by atoms with Crippen molar-refractivity contribution in [3.8, 4) is 0 Å². The molecule has 0 aliphatic carbocycles.